The fraction of sp³-hybridized carbons (Fsp3) is 0.250. The van der Waals surface area contributed by atoms with Crippen LogP contribution in [0.3, 0.4) is 0 Å². The number of hydrogen-bond donors (Lipinski definition) is 0. The Kier molecular flexibility index (Phi) is 2.60. The summed E-state index contributed by atoms with van der Waals surface area (Å²) >= 11 is 5.60. The summed E-state index contributed by atoms with van der Waals surface area (Å²) in [5.41, 5.74) is 0.766. The van der Waals surface area contributed by atoms with Gasteiger partial charge in [-0.05, 0) is 19.1 Å². The monoisotopic (exact) mass is 169 g/mol. The molecule has 0 atom stereocenters. The Morgan fingerprint density at radius 3 is 2.82 bits per heavy atom. The van der Waals surface area contributed by atoms with Crippen molar-refractivity contribution in [2.45, 2.75) is 13.3 Å². The van der Waals surface area contributed by atoms with Crippen molar-refractivity contribution in [1.29, 1.82) is 0 Å². The molecule has 0 bridgehead atoms. The highest BCUT2D eigenvalue weighted by atomic mass is 35.5. The van der Waals surface area contributed by atoms with Crippen molar-refractivity contribution in [3.63, 3.8) is 0 Å². The van der Waals surface area contributed by atoms with E-state index in [0.29, 0.717) is 11.4 Å². The number of aromatic nitrogens is 1. The highest BCUT2D eigenvalue weighted by Gasteiger charge is 1.97. The summed E-state index contributed by atoms with van der Waals surface area (Å²) in [7, 11) is 0. The van der Waals surface area contributed by atoms with Gasteiger partial charge in [0.05, 0.1) is 5.02 Å². The summed E-state index contributed by atoms with van der Waals surface area (Å²) in [6, 6.07) is 3.48. The zero-order chi connectivity index (χ0) is 8.27. The predicted octanol–water partition coefficient (Wildman–Crippen LogP) is 1.87. The number of carbonyl (C=O) groups is 1. The molecule has 0 aliphatic rings. The van der Waals surface area contributed by atoms with Gasteiger partial charge in [-0.25, -0.2) is 0 Å². The average molecular weight is 170 g/mol. The van der Waals surface area contributed by atoms with Gasteiger partial charge in [0.25, 0.3) is 0 Å². The van der Waals surface area contributed by atoms with Gasteiger partial charge in [-0.15, -0.1) is 0 Å². The van der Waals surface area contributed by atoms with Crippen LogP contribution in [0.15, 0.2) is 18.3 Å². The first-order valence-electron chi connectivity index (χ1n) is 3.28. The minimum absolute atomic E-state index is 0.111. The SMILES string of the molecule is CC(=O)Cc1ccc(Cl)cn1. The number of hydrogen-bond acceptors (Lipinski definition) is 2. The molecule has 11 heavy (non-hydrogen) atoms. The molecule has 0 aliphatic heterocycles. The van der Waals surface area contributed by atoms with Crippen molar-refractivity contribution in [2.75, 3.05) is 0 Å². The first-order chi connectivity index (χ1) is 5.18. The quantitative estimate of drug-likeness (QED) is 0.677. The first-order valence-corrected chi connectivity index (χ1v) is 3.66. The lowest BCUT2D eigenvalue weighted by molar-refractivity contribution is -0.116. The summed E-state index contributed by atoms with van der Waals surface area (Å²) in [5.74, 6) is 0.111. The molecule has 1 aromatic rings. The van der Waals surface area contributed by atoms with Crippen molar-refractivity contribution < 1.29 is 4.79 Å². The zero-order valence-corrected chi connectivity index (χ0v) is 6.93. The summed E-state index contributed by atoms with van der Waals surface area (Å²) in [6.45, 7) is 1.54. The predicted molar refractivity (Wildman–Crippen MR) is 43.6 cm³/mol. The molecule has 0 saturated heterocycles. The Hall–Kier alpha value is -0.890. The third-order valence-corrected chi connectivity index (χ3v) is 1.44. The van der Waals surface area contributed by atoms with Crippen molar-refractivity contribution in [2.24, 2.45) is 0 Å². The lowest BCUT2D eigenvalue weighted by Gasteiger charge is -1.94. The molecule has 0 unspecified atom stereocenters. The third kappa shape index (κ3) is 2.68. The van der Waals surface area contributed by atoms with E-state index in [2.05, 4.69) is 4.98 Å². The van der Waals surface area contributed by atoms with Gasteiger partial charge in [0.2, 0.25) is 0 Å². The van der Waals surface area contributed by atoms with Crippen LogP contribution >= 0.6 is 11.6 Å². The second-order valence-electron chi connectivity index (χ2n) is 2.35. The molecule has 1 rings (SSSR count). The van der Waals surface area contributed by atoms with Gasteiger partial charge in [-0.2, -0.15) is 0 Å². The highest BCUT2D eigenvalue weighted by Crippen LogP contribution is 2.06. The van der Waals surface area contributed by atoms with Crippen LogP contribution in [-0.2, 0) is 11.2 Å². The van der Waals surface area contributed by atoms with Crippen LogP contribution in [0.1, 0.15) is 12.6 Å². The van der Waals surface area contributed by atoms with Gasteiger partial charge >= 0.3 is 0 Å². The van der Waals surface area contributed by atoms with Crippen molar-refractivity contribution >= 4 is 17.4 Å². The Bertz CT molecular complexity index is 255. The molecule has 0 aliphatic carbocycles. The molecular weight excluding hydrogens is 162 g/mol. The number of nitrogens with zero attached hydrogens (tertiary/aromatic N) is 1. The third-order valence-electron chi connectivity index (χ3n) is 1.22. The molecule has 1 aromatic heterocycles. The minimum atomic E-state index is 0.111. The smallest absolute Gasteiger partial charge is 0.135 e. The van der Waals surface area contributed by atoms with Crippen LogP contribution in [0.25, 0.3) is 0 Å². The molecule has 2 nitrogen and oxygen atoms in total. The molecule has 1 heterocycles. The summed E-state index contributed by atoms with van der Waals surface area (Å²) < 4.78 is 0. The van der Waals surface area contributed by atoms with Gasteiger partial charge in [-0.1, -0.05) is 11.6 Å². The summed E-state index contributed by atoms with van der Waals surface area (Å²) in [6.07, 6.45) is 1.93. The average Bonchev–Trinajstić information content (AvgIpc) is 1.93. The Morgan fingerprint density at radius 2 is 2.36 bits per heavy atom. The molecule has 0 aromatic carbocycles. The largest absolute Gasteiger partial charge is 0.300 e. The fourth-order valence-corrected chi connectivity index (χ4v) is 0.878. The Balaban J connectivity index is 2.74. The molecule has 58 valence electrons. The first kappa shape index (κ1) is 8.21. The van der Waals surface area contributed by atoms with Crippen LogP contribution < -0.4 is 0 Å². The van der Waals surface area contributed by atoms with Crippen molar-refractivity contribution in [3.05, 3.63) is 29.0 Å². The van der Waals surface area contributed by atoms with Crippen LogP contribution in [0.2, 0.25) is 5.02 Å². The number of carbonyl (C=O) groups excluding carboxylic acids is 1. The van der Waals surface area contributed by atoms with Crippen molar-refractivity contribution in [3.8, 4) is 0 Å². The van der Waals surface area contributed by atoms with E-state index >= 15 is 0 Å². The zero-order valence-electron chi connectivity index (χ0n) is 6.17. The Morgan fingerprint density at radius 1 is 1.64 bits per heavy atom. The maximum Gasteiger partial charge on any atom is 0.135 e. The molecule has 3 heteroatoms. The van der Waals surface area contributed by atoms with Gasteiger partial charge in [0.1, 0.15) is 5.78 Å². The maximum atomic E-state index is 10.6. The topological polar surface area (TPSA) is 30.0 Å². The summed E-state index contributed by atoms with van der Waals surface area (Å²) in [5, 5.41) is 0.595. The number of Topliss-reactive ketones (excluding diaryl/α,β-unsaturated/α-hetero) is 1. The minimum Gasteiger partial charge on any atom is -0.300 e. The van der Waals surface area contributed by atoms with Gasteiger partial charge in [0, 0.05) is 18.3 Å². The molecular formula is C8H8ClNO. The Labute approximate surface area is 70.2 Å². The molecule has 0 amide bonds. The number of ketones is 1. The standard InChI is InChI=1S/C8H8ClNO/c1-6(11)4-8-3-2-7(9)5-10-8/h2-3,5H,4H2,1H3. The fourth-order valence-electron chi connectivity index (χ4n) is 0.766. The number of pyridine rings is 1. The maximum absolute atomic E-state index is 10.6. The van der Waals surface area contributed by atoms with Crippen LogP contribution in [0, 0.1) is 0 Å². The second kappa shape index (κ2) is 3.49. The molecule has 0 radical (unpaired) electrons. The molecule has 0 saturated carbocycles. The van der Waals surface area contributed by atoms with Crippen LogP contribution in [-0.4, -0.2) is 10.8 Å². The van der Waals surface area contributed by atoms with Gasteiger partial charge in [0.15, 0.2) is 0 Å². The van der Waals surface area contributed by atoms with Crippen molar-refractivity contribution in [1.82, 2.24) is 4.98 Å². The molecule has 0 N–H and O–H groups in total. The van der Waals surface area contributed by atoms with Crippen LogP contribution in [0.5, 0.6) is 0 Å². The molecule has 0 spiro atoms. The van der Waals surface area contributed by atoms with E-state index in [-0.39, 0.29) is 5.78 Å². The lowest BCUT2D eigenvalue weighted by Crippen LogP contribution is -1.97. The highest BCUT2D eigenvalue weighted by molar-refractivity contribution is 6.30. The number of halogens is 1. The second-order valence-corrected chi connectivity index (χ2v) is 2.78. The van der Waals surface area contributed by atoms with Crippen LogP contribution in [0.4, 0.5) is 0 Å². The number of rotatable bonds is 2. The summed E-state index contributed by atoms with van der Waals surface area (Å²) in [4.78, 5) is 14.6. The van der Waals surface area contributed by atoms with E-state index in [1.807, 2.05) is 0 Å². The van der Waals surface area contributed by atoms with Gasteiger partial charge < -0.3 is 0 Å². The van der Waals surface area contributed by atoms with Gasteiger partial charge in [-0.3, -0.25) is 9.78 Å². The van der Waals surface area contributed by atoms with E-state index in [1.165, 1.54) is 6.92 Å². The van der Waals surface area contributed by atoms with E-state index in [9.17, 15) is 4.79 Å². The van der Waals surface area contributed by atoms with E-state index in [1.54, 1.807) is 18.3 Å². The van der Waals surface area contributed by atoms with E-state index in [4.69, 9.17) is 11.6 Å². The lowest BCUT2D eigenvalue weighted by atomic mass is 10.2. The molecule has 0 fully saturated rings. The van der Waals surface area contributed by atoms with E-state index in [0.717, 1.165) is 5.69 Å². The normalized spacial score (nSPS) is 9.64. The van der Waals surface area contributed by atoms with E-state index < -0.39 is 0 Å².